The standard InChI is InChI=1S/C51H35N3/c1-4-15-36(16-5-1)41-21-12-24-44(33-41)45-25-13-22-42(34-45)38-29-31-40(32-30-38)49-52-50(46-26-14-23-43(35-46)37-17-6-2-7-18-37)54-51(53-49)48-28-11-10-27-47(48)39-19-8-3-9-20-39/h1-35H. The van der Waals surface area contributed by atoms with E-state index in [9.17, 15) is 0 Å². The highest BCUT2D eigenvalue weighted by molar-refractivity contribution is 5.83. The monoisotopic (exact) mass is 689 g/mol. The summed E-state index contributed by atoms with van der Waals surface area (Å²) in [6.45, 7) is 0. The first-order valence-electron chi connectivity index (χ1n) is 18.2. The van der Waals surface area contributed by atoms with Crippen molar-refractivity contribution in [2.45, 2.75) is 0 Å². The predicted octanol–water partition coefficient (Wildman–Crippen LogP) is 13.2. The minimum Gasteiger partial charge on any atom is -0.208 e. The molecular formula is C51H35N3. The molecule has 0 spiro atoms. The molecule has 3 nitrogen and oxygen atoms in total. The van der Waals surface area contributed by atoms with Crippen LogP contribution in [0.15, 0.2) is 212 Å². The van der Waals surface area contributed by atoms with Crippen LogP contribution in [0.3, 0.4) is 0 Å². The number of rotatable bonds is 8. The summed E-state index contributed by atoms with van der Waals surface area (Å²) in [5, 5.41) is 0. The van der Waals surface area contributed by atoms with Crippen LogP contribution in [-0.2, 0) is 0 Å². The van der Waals surface area contributed by atoms with Gasteiger partial charge in [0.25, 0.3) is 0 Å². The van der Waals surface area contributed by atoms with Gasteiger partial charge in [-0.25, -0.2) is 15.0 Å². The van der Waals surface area contributed by atoms with Crippen molar-refractivity contribution in [1.29, 1.82) is 0 Å². The van der Waals surface area contributed by atoms with Gasteiger partial charge in [0.1, 0.15) is 0 Å². The van der Waals surface area contributed by atoms with Crippen molar-refractivity contribution in [2.24, 2.45) is 0 Å². The molecule has 0 saturated heterocycles. The van der Waals surface area contributed by atoms with E-state index in [1.807, 2.05) is 18.2 Å². The van der Waals surface area contributed by atoms with Crippen LogP contribution in [0.1, 0.15) is 0 Å². The third-order valence-electron chi connectivity index (χ3n) is 9.76. The van der Waals surface area contributed by atoms with Gasteiger partial charge in [0.2, 0.25) is 0 Å². The van der Waals surface area contributed by atoms with E-state index in [4.69, 9.17) is 15.0 Å². The van der Waals surface area contributed by atoms with Crippen LogP contribution in [0.25, 0.3) is 89.8 Å². The summed E-state index contributed by atoms with van der Waals surface area (Å²) in [6, 6.07) is 74.1. The first-order chi connectivity index (χ1) is 26.7. The third-order valence-corrected chi connectivity index (χ3v) is 9.76. The summed E-state index contributed by atoms with van der Waals surface area (Å²) in [5.41, 5.74) is 14.3. The lowest BCUT2D eigenvalue weighted by molar-refractivity contribution is 1.07. The number of hydrogen-bond acceptors (Lipinski definition) is 3. The lowest BCUT2D eigenvalue weighted by atomic mass is 9.96. The molecule has 1 aromatic heterocycles. The smallest absolute Gasteiger partial charge is 0.164 e. The number of hydrogen-bond donors (Lipinski definition) is 0. The number of nitrogens with zero attached hydrogens (tertiary/aromatic N) is 3. The summed E-state index contributed by atoms with van der Waals surface area (Å²) in [6.07, 6.45) is 0. The highest BCUT2D eigenvalue weighted by atomic mass is 15.0. The van der Waals surface area contributed by atoms with E-state index in [1.165, 1.54) is 22.3 Å². The molecule has 0 atom stereocenters. The lowest BCUT2D eigenvalue weighted by Crippen LogP contribution is -2.01. The molecule has 0 aliphatic rings. The van der Waals surface area contributed by atoms with Crippen molar-refractivity contribution in [3.8, 4) is 89.8 Å². The van der Waals surface area contributed by atoms with Crippen molar-refractivity contribution in [3.63, 3.8) is 0 Å². The van der Waals surface area contributed by atoms with Crippen molar-refractivity contribution in [1.82, 2.24) is 15.0 Å². The summed E-state index contributed by atoms with van der Waals surface area (Å²) in [5.74, 6) is 1.89. The van der Waals surface area contributed by atoms with Gasteiger partial charge >= 0.3 is 0 Å². The highest BCUT2D eigenvalue weighted by Crippen LogP contribution is 2.35. The Kier molecular flexibility index (Phi) is 8.94. The summed E-state index contributed by atoms with van der Waals surface area (Å²) in [7, 11) is 0. The minimum atomic E-state index is 0.626. The van der Waals surface area contributed by atoms with Crippen LogP contribution < -0.4 is 0 Å². The van der Waals surface area contributed by atoms with Crippen molar-refractivity contribution in [3.05, 3.63) is 212 Å². The molecular weight excluding hydrogens is 655 g/mol. The molecule has 0 fully saturated rings. The molecule has 0 bridgehead atoms. The Morgan fingerprint density at radius 2 is 0.500 bits per heavy atom. The largest absolute Gasteiger partial charge is 0.208 e. The van der Waals surface area contributed by atoms with E-state index in [-0.39, 0.29) is 0 Å². The Balaban J connectivity index is 1.10. The van der Waals surface area contributed by atoms with E-state index in [1.54, 1.807) is 0 Å². The molecule has 9 aromatic rings. The molecule has 0 unspecified atom stereocenters. The maximum Gasteiger partial charge on any atom is 0.164 e. The molecule has 0 N–H and O–H groups in total. The van der Waals surface area contributed by atoms with Gasteiger partial charge in [0, 0.05) is 16.7 Å². The van der Waals surface area contributed by atoms with Gasteiger partial charge < -0.3 is 0 Å². The molecule has 3 heteroatoms. The van der Waals surface area contributed by atoms with Crippen LogP contribution in [0.2, 0.25) is 0 Å². The second-order valence-electron chi connectivity index (χ2n) is 13.3. The molecule has 0 amide bonds. The summed E-state index contributed by atoms with van der Waals surface area (Å²) >= 11 is 0. The van der Waals surface area contributed by atoms with Crippen LogP contribution in [0, 0.1) is 0 Å². The van der Waals surface area contributed by atoms with Crippen LogP contribution in [0.4, 0.5) is 0 Å². The van der Waals surface area contributed by atoms with Gasteiger partial charge in [-0.1, -0.05) is 194 Å². The number of aromatic nitrogens is 3. The SMILES string of the molecule is c1ccc(-c2cccc(-c3cccc(-c4ccc(-c5nc(-c6cccc(-c7ccccc7)c6)nc(-c6ccccc6-c6ccccc6)n5)cc4)c3)c2)cc1. The van der Waals surface area contributed by atoms with E-state index < -0.39 is 0 Å². The second kappa shape index (κ2) is 14.8. The quantitative estimate of drug-likeness (QED) is 0.159. The predicted molar refractivity (Wildman–Crippen MR) is 223 cm³/mol. The van der Waals surface area contributed by atoms with E-state index in [0.29, 0.717) is 17.5 Å². The molecule has 1 heterocycles. The van der Waals surface area contributed by atoms with Crippen molar-refractivity contribution >= 4 is 0 Å². The maximum absolute atomic E-state index is 5.13. The first-order valence-corrected chi connectivity index (χ1v) is 18.2. The zero-order valence-corrected chi connectivity index (χ0v) is 29.5. The minimum absolute atomic E-state index is 0.626. The van der Waals surface area contributed by atoms with Crippen LogP contribution in [-0.4, -0.2) is 15.0 Å². The molecule has 54 heavy (non-hydrogen) atoms. The zero-order chi connectivity index (χ0) is 36.1. The summed E-state index contributed by atoms with van der Waals surface area (Å²) < 4.78 is 0. The van der Waals surface area contributed by atoms with Gasteiger partial charge in [-0.3, -0.25) is 0 Å². The lowest BCUT2D eigenvalue weighted by Gasteiger charge is -2.13. The Morgan fingerprint density at radius 3 is 1.02 bits per heavy atom. The third kappa shape index (κ3) is 6.87. The Bertz CT molecular complexity index is 2690. The molecule has 0 aliphatic heterocycles. The van der Waals surface area contributed by atoms with Gasteiger partial charge in [-0.05, 0) is 73.8 Å². The van der Waals surface area contributed by atoms with Gasteiger partial charge in [0.05, 0.1) is 0 Å². The maximum atomic E-state index is 5.13. The molecule has 0 saturated carbocycles. The van der Waals surface area contributed by atoms with Crippen LogP contribution >= 0.6 is 0 Å². The van der Waals surface area contributed by atoms with Gasteiger partial charge in [0.15, 0.2) is 17.5 Å². The topological polar surface area (TPSA) is 38.7 Å². The highest BCUT2D eigenvalue weighted by Gasteiger charge is 2.16. The first kappa shape index (κ1) is 32.7. The zero-order valence-electron chi connectivity index (χ0n) is 29.5. The molecule has 0 radical (unpaired) electrons. The van der Waals surface area contributed by atoms with E-state index in [2.05, 4.69) is 194 Å². The Hall–Kier alpha value is -7.23. The molecule has 0 aliphatic carbocycles. The summed E-state index contributed by atoms with van der Waals surface area (Å²) in [4.78, 5) is 15.4. The molecule has 254 valence electrons. The van der Waals surface area contributed by atoms with Crippen molar-refractivity contribution < 1.29 is 0 Å². The fourth-order valence-electron chi connectivity index (χ4n) is 6.97. The Morgan fingerprint density at radius 1 is 0.185 bits per heavy atom. The van der Waals surface area contributed by atoms with Crippen molar-refractivity contribution in [2.75, 3.05) is 0 Å². The normalized spacial score (nSPS) is 11.0. The van der Waals surface area contributed by atoms with Gasteiger partial charge in [-0.2, -0.15) is 0 Å². The fourth-order valence-corrected chi connectivity index (χ4v) is 6.97. The Labute approximate surface area is 316 Å². The van der Waals surface area contributed by atoms with E-state index in [0.717, 1.165) is 50.1 Å². The van der Waals surface area contributed by atoms with Gasteiger partial charge in [-0.15, -0.1) is 0 Å². The fraction of sp³-hybridized carbons (Fsp3) is 0. The molecule has 8 aromatic carbocycles. The van der Waals surface area contributed by atoms with Crippen LogP contribution in [0.5, 0.6) is 0 Å². The average molecular weight is 690 g/mol. The second-order valence-corrected chi connectivity index (χ2v) is 13.3. The van der Waals surface area contributed by atoms with E-state index >= 15 is 0 Å². The molecule has 9 rings (SSSR count). The number of benzene rings is 8. The average Bonchev–Trinajstić information content (AvgIpc) is 3.27.